The van der Waals surface area contributed by atoms with Crippen LogP contribution in [0.4, 0.5) is 21.5 Å². The molecule has 8 nitrogen and oxygen atoms in total. The maximum absolute atomic E-state index is 13.8. The van der Waals surface area contributed by atoms with Gasteiger partial charge in [0.15, 0.2) is 0 Å². The average molecular weight is 472 g/mol. The van der Waals surface area contributed by atoms with Crippen LogP contribution in [0.25, 0.3) is 0 Å². The molecular formula is C23H22FN3O5S. The number of ether oxygens (including phenoxy) is 1. The molecule has 0 aromatic heterocycles. The molecule has 0 atom stereocenters. The van der Waals surface area contributed by atoms with Crippen LogP contribution in [0.2, 0.25) is 0 Å². The Hall–Kier alpha value is -3.92. The molecule has 33 heavy (non-hydrogen) atoms. The Balaban J connectivity index is 1.84. The predicted molar refractivity (Wildman–Crippen MR) is 124 cm³/mol. The fourth-order valence-electron chi connectivity index (χ4n) is 2.93. The van der Waals surface area contributed by atoms with Crippen molar-refractivity contribution in [2.24, 2.45) is 0 Å². The van der Waals surface area contributed by atoms with Gasteiger partial charge in [-0.1, -0.05) is 12.1 Å². The monoisotopic (exact) mass is 471 g/mol. The van der Waals surface area contributed by atoms with Gasteiger partial charge in [-0.15, -0.1) is 0 Å². The van der Waals surface area contributed by atoms with Crippen molar-refractivity contribution in [3.8, 4) is 5.75 Å². The molecule has 0 heterocycles. The van der Waals surface area contributed by atoms with Crippen molar-refractivity contribution in [1.29, 1.82) is 0 Å². The zero-order chi connectivity index (χ0) is 24.2. The first kappa shape index (κ1) is 23.7. The van der Waals surface area contributed by atoms with Gasteiger partial charge in [0.25, 0.3) is 15.9 Å². The highest BCUT2D eigenvalue weighted by Crippen LogP contribution is 2.28. The lowest BCUT2D eigenvalue weighted by Gasteiger charge is -2.14. The van der Waals surface area contributed by atoms with Crippen LogP contribution in [-0.2, 0) is 14.8 Å². The molecule has 0 aliphatic heterocycles. The molecule has 0 saturated heterocycles. The number of rotatable bonds is 7. The summed E-state index contributed by atoms with van der Waals surface area (Å²) < 4.78 is 46.6. The number of sulfonamides is 1. The van der Waals surface area contributed by atoms with E-state index < -0.39 is 21.7 Å². The predicted octanol–water partition coefficient (Wildman–Crippen LogP) is 4.15. The van der Waals surface area contributed by atoms with Crippen LogP contribution in [0.3, 0.4) is 0 Å². The zero-order valence-corrected chi connectivity index (χ0v) is 18.9. The molecule has 0 unspecified atom stereocenters. The number of methoxy groups -OCH3 is 1. The van der Waals surface area contributed by atoms with Gasteiger partial charge in [0.05, 0.1) is 23.4 Å². The van der Waals surface area contributed by atoms with Crippen LogP contribution in [0.5, 0.6) is 5.75 Å². The number of hydrogen-bond acceptors (Lipinski definition) is 5. The van der Waals surface area contributed by atoms with Gasteiger partial charge in [-0.05, 0) is 55.0 Å². The third-order valence-electron chi connectivity index (χ3n) is 4.62. The Morgan fingerprint density at radius 2 is 1.70 bits per heavy atom. The van der Waals surface area contributed by atoms with E-state index in [4.69, 9.17) is 4.74 Å². The van der Waals surface area contributed by atoms with E-state index in [-0.39, 0.29) is 22.1 Å². The van der Waals surface area contributed by atoms with Crippen molar-refractivity contribution in [2.75, 3.05) is 22.5 Å². The van der Waals surface area contributed by atoms with Crippen LogP contribution in [0.1, 0.15) is 22.8 Å². The molecule has 3 aromatic carbocycles. The SMILES string of the molecule is COc1ccc(NC(C)=O)c(NC(=O)c2cccc(NS(=O)(=O)c3ccc(C)c(F)c3)c2)c1. The first-order chi connectivity index (χ1) is 15.6. The van der Waals surface area contributed by atoms with Gasteiger partial charge < -0.3 is 15.4 Å². The van der Waals surface area contributed by atoms with Crippen molar-refractivity contribution in [1.82, 2.24) is 0 Å². The smallest absolute Gasteiger partial charge is 0.261 e. The Bertz CT molecular complexity index is 1330. The second kappa shape index (κ2) is 9.70. The molecule has 3 rings (SSSR count). The average Bonchev–Trinajstić information content (AvgIpc) is 2.76. The minimum atomic E-state index is -4.07. The van der Waals surface area contributed by atoms with Crippen molar-refractivity contribution < 1.29 is 27.1 Å². The summed E-state index contributed by atoms with van der Waals surface area (Å²) in [5.74, 6) is -1.04. The van der Waals surface area contributed by atoms with Gasteiger partial charge in [-0.25, -0.2) is 12.8 Å². The van der Waals surface area contributed by atoms with Crippen LogP contribution in [0, 0.1) is 12.7 Å². The summed E-state index contributed by atoms with van der Waals surface area (Å²) in [5.41, 5.74) is 1.27. The molecule has 2 amide bonds. The lowest BCUT2D eigenvalue weighted by molar-refractivity contribution is -0.114. The number of aryl methyl sites for hydroxylation is 1. The van der Waals surface area contributed by atoms with Crippen molar-refractivity contribution in [3.05, 3.63) is 77.6 Å². The number of benzene rings is 3. The Kier molecular flexibility index (Phi) is 6.98. The van der Waals surface area contributed by atoms with Gasteiger partial charge in [0, 0.05) is 24.2 Å². The highest BCUT2D eigenvalue weighted by atomic mass is 32.2. The van der Waals surface area contributed by atoms with Crippen molar-refractivity contribution in [2.45, 2.75) is 18.7 Å². The Labute approximate surface area is 190 Å². The molecule has 0 radical (unpaired) electrons. The molecule has 0 bridgehead atoms. The van der Waals surface area contributed by atoms with E-state index >= 15 is 0 Å². The minimum absolute atomic E-state index is 0.122. The normalized spacial score (nSPS) is 10.9. The molecule has 3 aromatic rings. The first-order valence-corrected chi connectivity index (χ1v) is 11.2. The quantitative estimate of drug-likeness (QED) is 0.479. The number of anilines is 3. The molecule has 0 aliphatic carbocycles. The summed E-state index contributed by atoms with van der Waals surface area (Å²) in [4.78, 5) is 24.1. The number of carbonyl (C=O) groups excluding carboxylic acids is 2. The van der Waals surface area contributed by atoms with E-state index in [0.717, 1.165) is 6.07 Å². The highest BCUT2D eigenvalue weighted by Gasteiger charge is 2.17. The van der Waals surface area contributed by atoms with E-state index in [1.54, 1.807) is 18.2 Å². The van der Waals surface area contributed by atoms with Crippen LogP contribution in [-0.4, -0.2) is 27.3 Å². The van der Waals surface area contributed by atoms with Gasteiger partial charge in [-0.2, -0.15) is 0 Å². The fraction of sp³-hybridized carbons (Fsp3) is 0.130. The maximum atomic E-state index is 13.8. The van der Waals surface area contributed by atoms with Gasteiger partial charge >= 0.3 is 0 Å². The van der Waals surface area contributed by atoms with E-state index in [9.17, 15) is 22.4 Å². The molecule has 0 fully saturated rings. The molecule has 0 saturated carbocycles. The lowest BCUT2D eigenvalue weighted by atomic mass is 10.1. The molecule has 10 heteroatoms. The summed E-state index contributed by atoms with van der Waals surface area (Å²) in [5, 5.41) is 5.30. The van der Waals surface area contributed by atoms with E-state index in [1.165, 1.54) is 57.4 Å². The van der Waals surface area contributed by atoms with Crippen LogP contribution in [0.15, 0.2) is 65.6 Å². The Morgan fingerprint density at radius 1 is 0.939 bits per heavy atom. The molecule has 172 valence electrons. The summed E-state index contributed by atoms with van der Waals surface area (Å²) in [6.45, 7) is 2.87. The van der Waals surface area contributed by atoms with Gasteiger partial charge in [0.2, 0.25) is 5.91 Å². The highest BCUT2D eigenvalue weighted by molar-refractivity contribution is 7.92. The van der Waals surface area contributed by atoms with E-state index in [1.807, 2.05) is 0 Å². The number of amides is 2. The molecule has 0 aliphatic rings. The largest absolute Gasteiger partial charge is 0.497 e. The Morgan fingerprint density at radius 3 is 2.36 bits per heavy atom. The number of halogens is 1. The summed E-state index contributed by atoms with van der Waals surface area (Å²) in [7, 11) is -2.60. The molecular weight excluding hydrogens is 449 g/mol. The maximum Gasteiger partial charge on any atom is 0.261 e. The fourth-order valence-corrected chi connectivity index (χ4v) is 3.99. The lowest BCUT2D eigenvalue weighted by Crippen LogP contribution is -2.16. The summed E-state index contributed by atoms with van der Waals surface area (Å²) in [6.07, 6.45) is 0. The van der Waals surface area contributed by atoms with Crippen molar-refractivity contribution >= 4 is 38.9 Å². The van der Waals surface area contributed by atoms with Crippen molar-refractivity contribution in [3.63, 3.8) is 0 Å². The van der Waals surface area contributed by atoms with Crippen LogP contribution < -0.4 is 20.1 Å². The van der Waals surface area contributed by atoms with E-state index in [0.29, 0.717) is 22.7 Å². The zero-order valence-electron chi connectivity index (χ0n) is 18.1. The number of carbonyl (C=O) groups is 2. The van der Waals surface area contributed by atoms with E-state index in [2.05, 4.69) is 15.4 Å². The van der Waals surface area contributed by atoms with Gasteiger partial charge in [0.1, 0.15) is 11.6 Å². The third kappa shape index (κ3) is 5.86. The number of hydrogen-bond donors (Lipinski definition) is 3. The molecule has 3 N–H and O–H groups in total. The second-order valence-electron chi connectivity index (χ2n) is 7.14. The number of nitrogens with one attached hydrogen (secondary N) is 3. The summed E-state index contributed by atoms with van der Waals surface area (Å²) in [6, 6.07) is 14.2. The third-order valence-corrected chi connectivity index (χ3v) is 6.00. The van der Waals surface area contributed by atoms with Crippen LogP contribution >= 0.6 is 0 Å². The minimum Gasteiger partial charge on any atom is -0.497 e. The standard InChI is InChI=1S/C23H22FN3O5S/c1-14-7-9-19(13-20(14)24)33(30,31)27-17-6-4-5-16(11-17)23(29)26-22-12-18(32-3)8-10-21(22)25-15(2)28/h4-13,27H,1-3H3,(H,25,28)(H,26,29). The topological polar surface area (TPSA) is 114 Å². The summed E-state index contributed by atoms with van der Waals surface area (Å²) >= 11 is 0. The first-order valence-electron chi connectivity index (χ1n) is 9.75. The second-order valence-corrected chi connectivity index (χ2v) is 8.83. The van der Waals surface area contributed by atoms with Gasteiger partial charge in [-0.3, -0.25) is 14.3 Å². The molecule has 0 spiro atoms.